The van der Waals surface area contributed by atoms with E-state index in [1.165, 1.54) is 0 Å². The summed E-state index contributed by atoms with van der Waals surface area (Å²) in [6.07, 6.45) is 0. The van der Waals surface area contributed by atoms with Crippen molar-refractivity contribution >= 4 is 11.5 Å². The van der Waals surface area contributed by atoms with Crippen LogP contribution in [0.25, 0.3) is 0 Å². The minimum Gasteiger partial charge on any atom is -0.399 e. The number of Topliss-reactive ketones (excluding diaryl/α,β-unsaturated/α-hetero) is 1. The van der Waals surface area contributed by atoms with Gasteiger partial charge in [-0.3, -0.25) is 9.69 Å². The van der Waals surface area contributed by atoms with Crippen LogP contribution in [0.15, 0.2) is 54.6 Å². The zero-order chi connectivity index (χ0) is 15.1. The molecule has 0 aliphatic heterocycles. The molecule has 0 aromatic heterocycles. The van der Waals surface area contributed by atoms with Gasteiger partial charge in [0.25, 0.3) is 0 Å². The molecule has 0 heterocycles. The largest absolute Gasteiger partial charge is 0.399 e. The van der Waals surface area contributed by atoms with Crippen LogP contribution in [0.4, 0.5) is 5.69 Å². The average molecular weight is 284 g/mol. The van der Waals surface area contributed by atoms with Gasteiger partial charge in [0.15, 0.2) is 5.78 Å². The van der Waals surface area contributed by atoms with Gasteiger partial charge in [0.1, 0.15) is 0 Å². The van der Waals surface area contributed by atoms with Gasteiger partial charge >= 0.3 is 0 Å². The van der Waals surface area contributed by atoms with Crippen LogP contribution in [-0.4, -0.2) is 35.5 Å². The first-order valence-electron chi connectivity index (χ1n) is 6.95. The number of hydrogen-bond donors (Lipinski definition) is 2. The third-order valence-electron chi connectivity index (χ3n) is 3.27. The van der Waals surface area contributed by atoms with Gasteiger partial charge in [-0.15, -0.1) is 0 Å². The van der Waals surface area contributed by atoms with E-state index in [2.05, 4.69) is 0 Å². The molecule has 4 heteroatoms. The zero-order valence-corrected chi connectivity index (χ0v) is 11.9. The van der Waals surface area contributed by atoms with Crippen LogP contribution in [0.3, 0.4) is 0 Å². The van der Waals surface area contributed by atoms with Crippen molar-refractivity contribution in [1.29, 1.82) is 0 Å². The molecule has 110 valence electrons. The Kier molecular flexibility index (Phi) is 5.49. The van der Waals surface area contributed by atoms with Crippen LogP contribution >= 0.6 is 0 Å². The Hall–Kier alpha value is -2.17. The fourth-order valence-corrected chi connectivity index (χ4v) is 2.16. The number of nitrogens with zero attached hydrogens (tertiary/aromatic N) is 1. The highest BCUT2D eigenvalue weighted by molar-refractivity contribution is 5.97. The SMILES string of the molecule is Nc1ccc(C(=O)CN(CCO)Cc2ccccc2)cc1. The highest BCUT2D eigenvalue weighted by Crippen LogP contribution is 2.09. The summed E-state index contributed by atoms with van der Waals surface area (Å²) in [5.74, 6) is 0.0272. The van der Waals surface area contributed by atoms with Crippen molar-refractivity contribution in [1.82, 2.24) is 4.90 Å². The maximum Gasteiger partial charge on any atom is 0.176 e. The first kappa shape index (κ1) is 15.2. The number of aliphatic hydroxyl groups is 1. The molecule has 0 aliphatic carbocycles. The van der Waals surface area contributed by atoms with Crippen molar-refractivity contribution in [2.75, 3.05) is 25.4 Å². The van der Waals surface area contributed by atoms with E-state index >= 15 is 0 Å². The van der Waals surface area contributed by atoms with Gasteiger partial charge in [-0.25, -0.2) is 0 Å². The second-order valence-electron chi connectivity index (χ2n) is 4.97. The number of benzene rings is 2. The summed E-state index contributed by atoms with van der Waals surface area (Å²) in [6, 6.07) is 16.8. The molecule has 0 saturated carbocycles. The average Bonchev–Trinajstić information content (AvgIpc) is 2.49. The van der Waals surface area contributed by atoms with E-state index in [0.29, 0.717) is 24.3 Å². The predicted octanol–water partition coefficient (Wildman–Crippen LogP) is 1.95. The molecule has 2 rings (SSSR count). The number of nitrogen functional groups attached to an aromatic ring is 1. The summed E-state index contributed by atoms with van der Waals surface area (Å²) in [5.41, 5.74) is 8.03. The van der Waals surface area contributed by atoms with Crippen molar-refractivity contribution in [3.63, 3.8) is 0 Å². The molecule has 2 aromatic carbocycles. The van der Waals surface area contributed by atoms with E-state index in [1.807, 2.05) is 35.2 Å². The third kappa shape index (κ3) is 4.70. The normalized spacial score (nSPS) is 10.8. The molecule has 0 bridgehead atoms. The minimum absolute atomic E-state index is 0.0272. The van der Waals surface area contributed by atoms with Crippen molar-refractivity contribution in [2.45, 2.75) is 6.54 Å². The molecule has 21 heavy (non-hydrogen) atoms. The summed E-state index contributed by atoms with van der Waals surface area (Å²) in [5, 5.41) is 9.17. The Balaban J connectivity index is 2.02. The number of anilines is 1. The fourth-order valence-electron chi connectivity index (χ4n) is 2.16. The molecule has 0 atom stereocenters. The van der Waals surface area contributed by atoms with Gasteiger partial charge in [0.05, 0.1) is 13.2 Å². The molecular formula is C17H20N2O2. The minimum atomic E-state index is 0.0272. The van der Waals surface area contributed by atoms with Crippen molar-refractivity contribution in [3.05, 3.63) is 65.7 Å². The number of rotatable bonds is 7. The summed E-state index contributed by atoms with van der Waals surface area (Å²) < 4.78 is 0. The Bertz CT molecular complexity index is 567. The lowest BCUT2D eigenvalue weighted by Crippen LogP contribution is -2.32. The molecular weight excluding hydrogens is 264 g/mol. The predicted molar refractivity (Wildman–Crippen MR) is 84.0 cm³/mol. The topological polar surface area (TPSA) is 66.6 Å². The van der Waals surface area contributed by atoms with E-state index in [4.69, 9.17) is 10.8 Å². The first-order chi connectivity index (χ1) is 10.2. The Labute approximate surface area is 124 Å². The second kappa shape index (κ2) is 7.57. The van der Waals surface area contributed by atoms with E-state index in [9.17, 15) is 4.79 Å². The standard InChI is InChI=1S/C17H20N2O2/c18-16-8-6-15(7-9-16)17(21)13-19(10-11-20)12-14-4-2-1-3-5-14/h1-9,20H,10-13,18H2. The molecule has 4 nitrogen and oxygen atoms in total. The first-order valence-corrected chi connectivity index (χ1v) is 6.95. The summed E-state index contributed by atoms with van der Waals surface area (Å²) >= 11 is 0. The highest BCUT2D eigenvalue weighted by Gasteiger charge is 2.12. The van der Waals surface area contributed by atoms with Gasteiger partial charge < -0.3 is 10.8 Å². The Morgan fingerprint density at radius 2 is 1.71 bits per heavy atom. The smallest absolute Gasteiger partial charge is 0.176 e. The molecule has 3 N–H and O–H groups in total. The van der Waals surface area contributed by atoms with Crippen LogP contribution in [0.2, 0.25) is 0 Å². The van der Waals surface area contributed by atoms with Crippen LogP contribution in [0, 0.1) is 0 Å². The number of nitrogens with two attached hydrogens (primary N) is 1. The number of carbonyl (C=O) groups is 1. The lowest BCUT2D eigenvalue weighted by atomic mass is 10.1. The van der Waals surface area contributed by atoms with Gasteiger partial charge in [0, 0.05) is 24.3 Å². The molecule has 0 aliphatic rings. The molecule has 0 amide bonds. The molecule has 0 unspecified atom stereocenters. The van der Waals surface area contributed by atoms with Crippen LogP contribution in [0.1, 0.15) is 15.9 Å². The Morgan fingerprint density at radius 3 is 2.33 bits per heavy atom. The summed E-state index contributed by atoms with van der Waals surface area (Å²) in [6.45, 7) is 1.42. The van der Waals surface area contributed by atoms with Crippen LogP contribution in [0.5, 0.6) is 0 Å². The van der Waals surface area contributed by atoms with E-state index in [0.717, 1.165) is 5.56 Å². The van der Waals surface area contributed by atoms with Gasteiger partial charge in [-0.1, -0.05) is 30.3 Å². The van der Waals surface area contributed by atoms with E-state index in [1.54, 1.807) is 24.3 Å². The molecule has 0 saturated heterocycles. The van der Waals surface area contributed by atoms with Crippen LogP contribution < -0.4 is 5.73 Å². The Morgan fingerprint density at radius 1 is 1.05 bits per heavy atom. The number of aliphatic hydroxyl groups excluding tert-OH is 1. The lowest BCUT2D eigenvalue weighted by molar-refractivity contribution is 0.0908. The van der Waals surface area contributed by atoms with Gasteiger partial charge in [-0.2, -0.15) is 0 Å². The van der Waals surface area contributed by atoms with Gasteiger partial charge in [0.2, 0.25) is 0 Å². The monoisotopic (exact) mass is 284 g/mol. The number of carbonyl (C=O) groups excluding carboxylic acids is 1. The molecule has 2 aromatic rings. The number of ketones is 1. The molecule has 0 radical (unpaired) electrons. The molecule has 0 spiro atoms. The van der Waals surface area contributed by atoms with Crippen molar-refractivity contribution < 1.29 is 9.90 Å². The summed E-state index contributed by atoms with van der Waals surface area (Å²) in [7, 11) is 0. The van der Waals surface area contributed by atoms with Crippen molar-refractivity contribution in [3.8, 4) is 0 Å². The number of hydrogen-bond acceptors (Lipinski definition) is 4. The van der Waals surface area contributed by atoms with Crippen molar-refractivity contribution in [2.24, 2.45) is 0 Å². The zero-order valence-electron chi connectivity index (χ0n) is 11.9. The summed E-state index contributed by atoms with van der Waals surface area (Å²) in [4.78, 5) is 14.2. The van der Waals surface area contributed by atoms with E-state index < -0.39 is 0 Å². The third-order valence-corrected chi connectivity index (χ3v) is 3.27. The van der Waals surface area contributed by atoms with Crippen LogP contribution in [-0.2, 0) is 6.54 Å². The highest BCUT2D eigenvalue weighted by atomic mass is 16.3. The quantitative estimate of drug-likeness (QED) is 0.602. The lowest BCUT2D eigenvalue weighted by Gasteiger charge is -2.20. The maximum absolute atomic E-state index is 12.3. The van der Waals surface area contributed by atoms with E-state index in [-0.39, 0.29) is 18.9 Å². The van der Waals surface area contributed by atoms with Gasteiger partial charge in [-0.05, 0) is 29.8 Å². The molecule has 0 fully saturated rings. The maximum atomic E-state index is 12.3. The fraction of sp³-hybridized carbons (Fsp3) is 0.235. The second-order valence-corrected chi connectivity index (χ2v) is 4.97.